The van der Waals surface area contributed by atoms with Crippen LogP contribution in [0, 0.1) is 13.8 Å². The van der Waals surface area contributed by atoms with Crippen LogP contribution in [0.15, 0.2) is 42.5 Å². The van der Waals surface area contributed by atoms with Gasteiger partial charge in [-0.3, -0.25) is 4.79 Å². The predicted octanol–water partition coefficient (Wildman–Crippen LogP) is 3.19. The third kappa shape index (κ3) is 3.58. The number of aryl methyl sites for hydroxylation is 2. The molecule has 1 amide bonds. The largest absolute Gasteiger partial charge is 0.508 e. The van der Waals surface area contributed by atoms with E-state index in [0.717, 1.165) is 22.4 Å². The van der Waals surface area contributed by atoms with Gasteiger partial charge in [-0.05, 0) is 48.7 Å². The van der Waals surface area contributed by atoms with E-state index in [-0.39, 0.29) is 11.7 Å². The Balaban J connectivity index is 2.05. The van der Waals surface area contributed by atoms with E-state index in [1.807, 2.05) is 32.0 Å². The van der Waals surface area contributed by atoms with Crippen molar-refractivity contribution in [1.29, 1.82) is 0 Å². The van der Waals surface area contributed by atoms with Crippen LogP contribution in [-0.4, -0.2) is 11.0 Å². The van der Waals surface area contributed by atoms with Gasteiger partial charge < -0.3 is 10.4 Å². The number of nitrogens with one attached hydrogen (secondary N) is 1. The molecule has 3 heteroatoms. The van der Waals surface area contributed by atoms with Gasteiger partial charge in [0.2, 0.25) is 5.91 Å². The molecule has 0 radical (unpaired) electrons. The first-order valence-electron chi connectivity index (χ1n) is 6.19. The van der Waals surface area contributed by atoms with Gasteiger partial charge in [0, 0.05) is 5.69 Å². The number of hydrogen-bond acceptors (Lipinski definition) is 2. The van der Waals surface area contributed by atoms with E-state index in [2.05, 4.69) is 5.32 Å². The molecule has 0 aliphatic rings. The third-order valence-corrected chi connectivity index (χ3v) is 2.97. The van der Waals surface area contributed by atoms with Crippen molar-refractivity contribution < 1.29 is 9.90 Å². The van der Waals surface area contributed by atoms with Gasteiger partial charge >= 0.3 is 0 Å². The monoisotopic (exact) mass is 255 g/mol. The molecule has 2 N–H and O–H groups in total. The Bertz CT molecular complexity index is 588. The van der Waals surface area contributed by atoms with E-state index in [0.29, 0.717) is 6.42 Å². The molecule has 0 spiro atoms. The van der Waals surface area contributed by atoms with Crippen molar-refractivity contribution in [3.63, 3.8) is 0 Å². The van der Waals surface area contributed by atoms with Gasteiger partial charge in [-0.2, -0.15) is 0 Å². The SMILES string of the molecule is Cc1ccc(C)c(NC(=O)Cc2ccc(O)cc2)c1. The average Bonchev–Trinajstić information content (AvgIpc) is 2.37. The first kappa shape index (κ1) is 13.1. The van der Waals surface area contributed by atoms with E-state index in [1.165, 1.54) is 0 Å². The normalized spacial score (nSPS) is 10.2. The van der Waals surface area contributed by atoms with Crippen LogP contribution in [0.4, 0.5) is 5.69 Å². The Morgan fingerprint density at radius 3 is 2.47 bits per heavy atom. The van der Waals surface area contributed by atoms with Crippen molar-refractivity contribution in [3.8, 4) is 5.75 Å². The van der Waals surface area contributed by atoms with Crippen LogP contribution in [0.25, 0.3) is 0 Å². The maximum absolute atomic E-state index is 12.0. The van der Waals surface area contributed by atoms with Crippen LogP contribution in [0.1, 0.15) is 16.7 Å². The van der Waals surface area contributed by atoms with Crippen molar-refractivity contribution in [2.45, 2.75) is 20.3 Å². The highest BCUT2D eigenvalue weighted by Gasteiger charge is 2.06. The number of benzene rings is 2. The Morgan fingerprint density at radius 2 is 1.79 bits per heavy atom. The van der Waals surface area contributed by atoms with Gasteiger partial charge in [0.05, 0.1) is 6.42 Å². The molecule has 0 atom stereocenters. The van der Waals surface area contributed by atoms with Gasteiger partial charge in [-0.25, -0.2) is 0 Å². The molecule has 0 aliphatic carbocycles. The second-order valence-electron chi connectivity index (χ2n) is 4.71. The zero-order valence-electron chi connectivity index (χ0n) is 11.1. The highest BCUT2D eigenvalue weighted by Crippen LogP contribution is 2.17. The number of carbonyl (C=O) groups is 1. The van der Waals surface area contributed by atoms with Crippen LogP contribution >= 0.6 is 0 Å². The maximum atomic E-state index is 12.0. The minimum Gasteiger partial charge on any atom is -0.508 e. The predicted molar refractivity (Wildman–Crippen MR) is 76.4 cm³/mol. The molecule has 2 aromatic carbocycles. The average molecular weight is 255 g/mol. The van der Waals surface area contributed by atoms with Gasteiger partial charge in [-0.15, -0.1) is 0 Å². The quantitative estimate of drug-likeness (QED) is 0.885. The molecule has 3 nitrogen and oxygen atoms in total. The Labute approximate surface area is 112 Å². The molecular formula is C16H17NO2. The number of hydrogen-bond donors (Lipinski definition) is 2. The summed E-state index contributed by atoms with van der Waals surface area (Å²) in [5.74, 6) is 0.151. The number of phenolic OH excluding ortho intramolecular Hbond substituents is 1. The van der Waals surface area contributed by atoms with Gasteiger partial charge in [0.25, 0.3) is 0 Å². The number of aromatic hydroxyl groups is 1. The third-order valence-electron chi connectivity index (χ3n) is 2.97. The maximum Gasteiger partial charge on any atom is 0.228 e. The summed E-state index contributed by atoms with van der Waals surface area (Å²) in [6, 6.07) is 12.6. The molecule has 0 fully saturated rings. The highest BCUT2D eigenvalue weighted by molar-refractivity contribution is 5.93. The topological polar surface area (TPSA) is 49.3 Å². The number of amides is 1. The fourth-order valence-electron chi connectivity index (χ4n) is 1.86. The molecule has 0 aromatic heterocycles. The van der Waals surface area contributed by atoms with E-state index < -0.39 is 0 Å². The number of phenols is 1. The molecule has 0 heterocycles. The zero-order chi connectivity index (χ0) is 13.8. The summed E-state index contributed by atoms with van der Waals surface area (Å²) in [6.07, 6.45) is 0.299. The molecule has 98 valence electrons. The van der Waals surface area contributed by atoms with E-state index in [4.69, 9.17) is 0 Å². The van der Waals surface area contributed by atoms with E-state index in [1.54, 1.807) is 24.3 Å². The van der Waals surface area contributed by atoms with Crippen LogP contribution in [0.5, 0.6) is 5.75 Å². The van der Waals surface area contributed by atoms with Gasteiger partial charge in [0.1, 0.15) is 5.75 Å². The summed E-state index contributed by atoms with van der Waals surface area (Å²) in [7, 11) is 0. The zero-order valence-corrected chi connectivity index (χ0v) is 11.1. The Morgan fingerprint density at radius 1 is 1.11 bits per heavy atom. The Kier molecular flexibility index (Phi) is 3.85. The lowest BCUT2D eigenvalue weighted by Gasteiger charge is -2.09. The summed E-state index contributed by atoms with van der Waals surface area (Å²) >= 11 is 0. The minimum absolute atomic E-state index is 0.0561. The summed E-state index contributed by atoms with van der Waals surface area (Å²) in [4.78, 5) is 12.0. The minimum atomic E-state index is -0.0561. The van der Waals surface area contributed by atoms with Crippen molar-refractivity contribution in [3.05, 3.63) is 59.2 Å². The van der Waals surface area contributed by atoms with E-state index >= 15 is 0 Å². The van der Waals surface area contributed by atoms with Crippen LogP contribution in [0.2, 0.25) is 0 Å². The molecule has 0 bridgehead atoms. The Hall–Kier alpha value is -2.29. The summed E-state index contributed by atoms with van der Waals surface area (Å²) in [5.41, 5.74) is 3.89. The molecule has 0 aliphatic heterocycles. The van der Waals surface area contributed by atoms with Crippen molar-refractivity contribution in [1.82, 2.24) is 0 Å². The first-order valence-corrected chi connectivity index (χ1v) is 6.19. The highest BCUT2D eigenvalue weighted by atomic mass is 16.3. The van der Waals surface area contributed by atoms with Crippen molar-refractivity contribution in [2.24, 2.45) is 0 Å². The lowest BCUT2D eigenvalue weighted by atomic mass is 10.1. The number of carbonyl (C=O) groups excluding carboxylic acids is 1. The molecule has 19 heavy (non-hydrogen) atoms. The van der Waals surface area contributed by atoms with Crippen molar-refractivity contribution >= 4 is 11.6 Å². The molecular weight excluding hydrogens is 238 g/mol. The molecule has 2 rings (SSSR count). The summed E-state index contributed by atoms with van der Waals surface area (Å²) in [5, 5.41) is 12.1. The second-order valence-corrected chi connectivity index (χ2v) is 4.71. The summed E-state index contributed by atoms with van der Waals surface area (Å²) < 4.78 is 0. The standard InChI is InChI=1S/C16H17NO2/c1-11-3-4-12(2)15(9-11)17-16(19)10-13-5-7-14(18)8-6-13/h3-9,18H,10H2,1-2H3,(H,17,19). The van der Waals surface area contributed by atoms with Crippen LogP contribution < -0.4 is 5.32 Å². The smallest absolute Gasteiger partial charge is 0.228 e. The molecule has 0 unspecified atom stereocenters. The lowest BCUT2D eigenvalue weighted by molar-refractivity contribution is -0.115. The van der Waals surface area contributed by atoms with Gasteiger partial charge in [0.15, 0.2) is 0 Å². The number of rotatable bonds is 3. The first-order chi connectivity index (χ1) is 9.04. The molecule has 0 saturated heterocycles. The summed E-state index contributed by atoms with van der Waals surface area (Å²) in [6.45, 7) is 3.96. The number of anilines is 1. The molecule has 0 saturated carbocycles. The fourth-order valence-corrected chi connectivity index (χ4v) is 1.86. The lowest BCUT2D eigenvalue weighted by Crippen LogP contribution is -2.15. The van der Waals surface area contributed by atoms with Crippen LogP contribution in [-0.2, 0) is 11.2 Å². The molecule has 2 aromatic rings. The van der Waals surface area contributed by atoms with Crippen LogP contribution in [0.3, 0.4) is 0 Å². The van der Waals surface area contributed by atoms with E-state index in [9.17, 15) is 9.90 Å². The second kappa shape index (κ2) is 5.57. The fraction of sp³-hybridized carbons (Fsp3) is 0.188. The van der Waals surface area contributed by atoms with Crippen molar-refractivity contribution in [2.75, 3.05) is 5.32 Å². The van der Waals surface area contributed by atoms with Gasteiger partial charge in [-0.1, -0.05) is 24.3 Å².